The number of alkyl halides is 3. The minimum absolute atomic E-state index is 0.0664. The minimum Gasteiger partial charge on any atom is -0.491 e. The van der Waals surface area contributed by atoms with Crippen LogP contribution in [0.3, 0.4) is 0 Å². The Morgan fingerprint density at radius 1 is 1.22 bits per heavy atom. The smallest absolute Gasteiger partial charge is 0.416 e. The van der Waals surface area contributed by atoms with Crippen LogP contribution in [0.5, 0.6) is 5.75 Å². The number of amides is 1. The fraction of sp³-hybridized carbons (Fsp3) is 0.654. The molecule has 0 saturated carbocycles. The van der Waals surface area contributed by atoms with Gasteiger partial charge in [0.05, 0.1) is 23.8 Å². The maximum Gasteiger partial charge on any atom is 0.416 e. The molecule has 2 fully saturated rings. The van der Waals surface area contributed by atoms with Crippen LogP contribution in [0.2, 0.25) is 0 Å². The number of hydrogen-bond acceptors (Lipinski definition) is 4. The van der Waals surface area contributed by atoms with Crippen molar-refractivity contribution in [3.05, 3.63) is 41.1 Å². The zero-order chi connectivity index (χ0) is 26.1. The highest BCUT2D eigenvalue weighted by Gasteiger charge is 2.34. The molecule has 0 aliphatic carbocycles. The summed E-state index contributed by atoms with van der Waals surface area (Å²) < 4.78 is 58.7. The third-order valence-corrected chi connectivity index (χ3v) is 8.80. The van der Waals surface area contributed by atoms with E-state index in [4.69, 9.17) is 9.47 Å². The van der Waals surface area contributed by atoms with Crippen LogP contribution in [0.25, 0.3) is 0 Å². The summed E-state index contributed by atoms with van der Waals surface area (Å²) >= 11 is 0. The average Bonchev–Trinajstić information content (AvgIpc) is 3.54. The van der Waals surface area contributed by atoms with Crippen LogP contribution in [0, 0.1) is 5.41 Å². The molecule has 0 bridgehead atoms. The van der Waals surface area contributed by atoms with Crippen molar-refractivity contribution in [1.29, 1.82) is 0 Å². The second kappa shape index (κ2) is 10.8. The maximum absolute atomic E-state index is 13.5. The first kappa shape index (κ1) is 27.1. The van der Waals surface area contributed by atoms with Gasteiger partial charge < -0.3 is 18.7 Å². The first-order chi connectivity index (χ1) is 16.9. The lowest BCUT2D eigenvalue weighted by Crippen LogP contribution is -2.31. The summed E-state index contributed by atoms with van der Waals surface area (Å²) in [7, 11) is 1.17. The number of carbonyl (C=O) groups excluding carboxylic acids is 1. The summed E-state index contributed by atoms with van der Waals surface area (Å²) in [6, 6.07) is 3.26. The van der Waals surface area contributed by atoms with E-state index < -0.39 is 28.5 Å². The van der Waals surface area contributed by atoms with Gasteiger partial charge in [-0.15, -0.1) is 0 Å². The van der Waals surface area contributed by atoms with Crippen LogP contribution < -0.4 is 4.74 Å². The molecule has 0 aromatic heterocycles. The number of hydrogen-bond donors (Lipinski definition) is 0. The molecule has 3 aliphatic rings. The molecule has 3 aliphatic heterocycles. The van der Waals surface area contributed by atoms with E-state index in [0.29, 0.717) is 18.9 Å². The van der Waals surface area contributed by atoms with Gasteiger partial charge in [0.15, 0.2) is 0 Å². The zero-order valence-electron chi connectivity index (χ0n) is 21.4. The molecule has 1 aromatic carbocycles. The van der Waals surface area contributed by atoms with Crippen molar-refractivity contribution in [2.75, 3.05) is 39.1 Å². The van der Waals surface area contributed by atoms with E-state index in [0.717, 1.165) is 56.5 Å². The van der Waals surface area contributed by atoms with Gasteiger partial charge in [-0.05, 0) is 68.5 Å². The lowest BCUT2D eigenvalue weighted by Gasteiger charge is -2.22. The molecular formula is C26H36F3N3O3S. The van der Waals surface area contributed by atoms with Gasteiger partial charge in [0.25, 0.3) is 5.91 Å². The van der Waals surface area contributed by atoms with E-state index in [1.54, 1.807) is 0 Å². The van der Waals surface area contributed by atoms with Crippen molar-refractivity contribution in [1.82, 2.24) is 9.21 Å². The van der Waals surface area contributed by atoms with E-state index >= 15 is 0 Å². The first-order valence-corrected chi connectivity index (χ1v) is 13.8. The molecule has 10 heteroatoms. The number of likely N-dealkylation sites (tertiary alicyclic amines) is 1. The summed E-state index contributed by atoms with van der Waals surface area (Å²) in [6.45, 7) is 8.92. The lowest BCUT2D eigenvalue weighted by molar-refractivity contribution is -0.137. The summed E-state index contributed by atoms with van der Waals surface area (Å²) in [5, 5.41) is 0. The normalized spacial score (nSPS) is 25.6. The zero-order valence-corrected chi connectivity index (χ0v) is 22.3. The summed E-state index contributed by atoms with van der Waals surface area (Å²) in [4.78, 5) is 15.6. The van der Waals surface area contributed by atoms with Gasteiger partial charge in [-0.1, -0.05) is 20.8 Å². The van der Waals surface area contributed by atoms with Crippen LogP contribution >= 0.6 is 0 Å². The lowest BCUT2D eigenvalue weighted by atomic mass is 9.88. The number of likely N-dealkylation sites (N-methyl/N-ethyl adjacent to an activating group) is 1. The Morgan fingerprint density at radius 3 is 2.61 bits per heavy atom. The summed E-state index contributed by atoms with van der Waals surface area (Å²) in [5.41, 5.74) is 0.0302. The molecule has 200 valence electrons. The number of rotatable bonds is 6. The Labute approximate surface area is 214 Å². The molecule has 2 saturated heterocycles. The van der Waals surface area contributed by atoms with Crippen molar-refractivity contribution >= 4 is 16.8 Å². The SMILES string of the molecule is CN1CCC[C@@H]1COc1ccc(C(F)(F)F)cc1C(=O)/N=S1/CC(C(C)(C)C)=CN1C[C@H]1CCCO1. The molecule has 36 heavy (non-hydrogen) atoms. The molecule has 0 N–H and O–H groups in total. The molecule has 0 spiro atoms. The summed E-state index contributed by atoms with van der Waals surface area (Å²) in [6.07, 6.45) is 1.50. The number of nitrogens with zero attached hydrogens (tertiary/aromatic N) is 3. The number of benzene rings is 1. The fourth-order valence-electron chi connectivity index (χ4n) is 4.64. The highest BCUT2D eigenvalue weighted by atomic mass is 32.2. The van der Waals surface area contributed by atoms with Crippen LogP contribution in [-0.4, -0.2) is 66.4 Å². The van der Waals surface area contributed by atoms with Crippen LogP contribution in [0.15, 0.2) is 34.3 Å². The van der Waals surface area contributed by atoms with Gasteiger partial charge >= 0.3 is 6.18 Å². The standard InChI is InChI=1S/C26H36F3N3O3S/c1-25(2,3)19-14-32(15-21-8-6-12-34-21)36(17-19)30-24(33)22-13-18(26(27,28)29)9-10-23(22)35-16-20-7-5-11-31(20)4/h9-10,13-14,20-21H,5-8,11-12,15-17H2,1-4H3/t20-,21-,36?/m1/s1. The Morgan fingerprint density at radius 2 is 2.00 bits per heavy atom. The highest BCUT2D eigenvalue weighted by molar-refractivity contribution is 7.85. The Hall–Kier alpha value is -1.91. The molecule has 3 heterocycles. The van der Waals surface area contributed by atoms with Crippen LogP contribution in [-0.2, 0) is 21.8 Å². The Balaban J connectivity index is 1.61. The predicted octanol–water partition coefficient (Wildman–Crippen LogP) is 5.46. The van der Waals surface area contributed by atoms with E-state index in [9.17, 15) is 18.0 Å². The minimum atomic E-state index is -4.57. The molecule has 4 rings (SSSR count). The third kappa shape index (κ3) is 6.50. The molecule has 6 nitrogen and oxygen atoms in total. The van der Waals surface area contributed by atoms with E-state index in [1.165, 1.54) is 6.07 Å². The van der Waals surface area contributed by atoms with Gasteiger partial charge in [-0.3, -0.25) is 4.79 Å². The average molecular weight is 528 g/mol. The second-order valence-corrected chi connectivity index (χ2v) is 12.4. The molecular weight excluding hydrogens is 491 g/mol. The second-order valence-electron chi connectivity index (χ2n) is 10.8. The van der Waals surface area contributed by atoms with E-state index in [2.05, 4.69) is 36.2 Å². The quantitative estimate of drug-likeness (QED) is 0.492. The number of carbonyl (C=O) groups is 1. The first-order valence-electron chi connectivity index (χ1n) is 12.5. The molecule has 0 radical (unpaired) electrons. The maximum atomic E-state index is 13.5. The Kier molecular flexibility index (Phi) is 8.16. The van der Waals surface area contributed by atoms with Crippen molar-refractivity contribution in [2.45, 2.75) is 64.8 Å². The van der Waals surface area contributed by atoms with Crippen molar-refractivity contribution in [2.24, 2.45) is 9.78 Å². The molecule has 1 aromatic rings. The third-order valence-electron chi connectivity index (χ3n) is 7.05. The molecule has 3 atom stereocenters. The highest BCUT2D eigenvalue weighted by Crippen LogP contribution is 2.35. The molecule has 1 amide bonds. The van der Waals surface area contributed by atoms with Gasteiger partial charge in [0.2, 0.25) is 0 Å². The van der Waals surface area contributed by atoms with Gasteiger partial charge in [0, 0.05) is 35.5 Å². The van der Waals surface area contributed by atoms with Crippen molar-refractivity contribution < 1.29 is 27.4 Å². The van der Waals surface area contributed by atoms with Gasteiger partial charge in [-0.2, -0.15) is 17.5 Å². The van der Waals surface area contributed by atoms with Crippen molar-refractivity contribution in [3.63, 3.8) is 0 Å². The monoisotopic (exact) mass is 527 g/mol. The fourth-order valence-corrected chi connectivity index (χ4v) is 6.63. The van der Waals surface area contributed by atoms with Crippen LogP contribution in [0.1, 0.15) is 62.4 Å². The topological polar surface area (TPSA) is 54.4 Å². The van der Waals surface area contributed by atoms with Crippen molar-refractivity contribution in [3.8, 4) is 5.75 Å². The summed E-state index contributed by atoms with van der Waals surface area (Å²) in [5.74, 6) is 0.0406. The van der Waals surface area contributed by atoms with Gasteiger partial charge in [-0.25, -0.2) is 0 Å². The van der Waals surface area contributed by atoms with Crippen LogP contribution in [0.4, 0.5) is 13.2 Å². The van der Waals surface area contributed by atoms with Gasteiger partial charge in [0.1, 0.15) is 12.4 Å². The Bertz CT molecular complexity index is 1030. The van der Waals surface area contributed by atoms with E-state index in [1.807, 2.05) is 11.4 Å². The largest absolute Gasteiger partial charge is 0.491 e. The number of halogens is 3. The predicted molar refractivity (Wildman–Crippen MR) is 135 cm³/mol. The molecule has 1 unspecified atom stereocenters. The van der Waals surface area contributed by atoms with E-state index in [-0.39, 0.29) is 28.9 Å². The number of ether oxygens (including phenoxy) is 2.